The highest BCUT2D eigenvalue weighted by molar-refractivity contribution is 4.93. The molecule has 0 aromatic rings. The zero-order chi connectivity index (χ0) is 32.0. The second-order valence-corrected chi connectivity index (χ2v) is 13.2. The van der Waals surface area contributed by atoms with E-state index in [9.17, 15) is 0 Å². The summed E-state index contributed by atoms with van der Waals surface area (Å²) in [6.07, 6.45) is 50.9. The molecule has 2 unspecified atom stereocenters. The molecule has 0 spiro atoms. The predicted octanol–water partition coefficient (Wildman–Crippen LogP) is 14.1. The first kappa shape index (κ1) is 42.9. The molecule has 0 rings (SSSR count). The minimum atomic E-state index is 0.280. The van der Waals surface area contributed by atoms with Gasteiger partial charge in [-0.3, -0.25) is 0 Å². The lowest BCUT2D eigenvalue weighted by molar-refractivity contribution is -0.0226. The zero-order valence-electron chi connectivity index (χ0n) is 30.4. The van der Waals surface area contributed by atoms with Gasteiger partial charge in [0.05, 0.1) is 12.7 Å². The van der Waals surface area contributed by atoms with Gasteiger partial charge in [0.1, 0.15) is 0 Å². The third kappa shape index (κ3) is 35.4. The average molecular weight is 615 g/mol. The van der Waals surface area contributed by atoms with E-state index in [-0.39, 0.29) is 6.10 Å². The summed E-state index contributed by atoms with van der Waals surface area (Å²) >= 11 is 0. The molecule has 44 heavy (non-hydrogen) atoms. The fourth-order valence-corrected chi connectivity index (χ4v) is 5.49. The van der Waals surface area contributed by atoms with Crippen LogP contribution in [0, 0.1) is 5.92 Å². The van der Waals surface area contributed by atoms with Crippen LogP contribution in [-0.2, 0) is 9.47 Å². The molecule has 0 aliphatic rings. The van der Waals surface area contributed by atoms with E-state index in [1.54, 1.807) is 0 Å². The van der Waals surface area contributed by atoms with E-state index < -0.39 is 0 Å². The van der Waals surface area contributed by atoms with Gasteiger partial charge in [-0.15, -0.1) is 0 Å². The Hall–Kier alpha value is -1.12. The normalized spacial score (nSPS) is 13.8. The second-order valence-electron chi connectivity index (χ2n) is 13.2. The second kappa shape index (κ2) is 38.1. The zero-order valence-corrected chi connectivity index (χ0v) is 30.4. The van der Waals surface area contributed by atoms with Crippen molar-refractivity contribution in [1.29, 1.82) is 0 Å². The summed E-state index contributed by atoms with van der Waals surface area (Å²) in [5.74, 6) is 0.798. The van der Waals surface area contributed by atoms with Crippen LogP contribution in [0.2, 0.25) is 0 Å². The van der Waals surface area contributed by atoms with Crippen LogP contribution in [0.4, 0.5) is 0 Å². The number of allylic oxidation sites excluding steroid dienone is 8. The van der Waals surface area contributed by atoms with Gasteiger partial charge >= 0.3 is 0 Å². The molecule has 0 amide bonds. The van der Waals surface area contributed by atoms with Gasteiger partial charge in [0.25, 0.3) is 0 Å². The third-order valence-electron chi connectivity index (χ3n) is 8.47. The van der Waals surface area contributed by atoms with E-state index in [2.05, 4.69) is 76.3 Å². The molecular weight excluding hydrogens is 536 g/mol. The van der Waals surface area contributed by atoms with E-state index in [0.717, 1.165) is 45.0 Å². The number of ether oxygens (including phenoxy) is 2. The third-order valence-corrected chi connectivity index (χ3v) is 8.47. The summed E-state index contributed by atoms with van der Waals surface area (Å²) in [5, 5.41) is 0. The lowest BCUT2D eigenvalue weighted by Gasteiger charge is -2.17. The van der Waals surface area contributed by atoms with Gasteiger partial charge in [-0.2, -0.15) is 0 Å². The van der Waals surface area contributed by atoms with Crippen LogP contribution >= 0.6 is 0 Å². The van der Waals surface area contributed by atoms with E-state index in [1.807, 2.05) is 0 Å². The summed E-state index contributed by atoms with van der Waals surface area (Å²) < 4.78 is 12.2. The van der Waals surface area contributed by atoms with Crippen molar-refractivity contribution in [1.82, 2.24) is 0 Å². The van der Waals surface area contributed by atoms with Crippen molar-refractivity contribution in [2.24, 2.45) is 5.92 Å². The molecule has 0 heterocycles. The Bertz CT molecular complexity index is 646. The van der Waals surface area contributed by atoms with Gasteiger partial charge in [0.2, 0.25) is 0 Å². The molecule has 0 N–H and O–H groups in total. The highest BCUT2D eigenvalue weighted by Gasteiger charge is 2.08. The molecule has 2 atom stereocenters. The monoisotopic (exact) mass is 615 g/mol. The van der Waals surface area contributed by atoms with Crippen LogP contribution in [0.25, 0.3) is 0 Å². The fourth-order valence-electron chi connectivity index (χ4n) is 5.49. The van der Waals surface area contributed by atoms with Gasteiger partial charge in [0.15, 0.2) is 0 Å². The van der Waals surface area contributed by atoms with Gasteiger partial charge in [-0.1, -0.05) is 160 Å². The van der Waals surface area contributed by atoms with E-state index >= 15 is 0 Å². The van der Waals surface area contributed by atoms with Crippen molar-refractivity contribution in [3.05, 3.63) is 48.6 Å². The molecule has 258 valence electrons. The lowest BCUT2D eigenvalue weighted by Crippen LogP contribution is -2.21. The van der Waals surface area contributed by atoms with Crippen LogP contribution < -0.4 is 0 Å². The summed E-state index contributed by atoms with van der Waals surface area (Å²) in [5.41, 5.74) is 0. The summed E-state index contributed by atoms with van der Waals surface area (Å²) in [6, 6.07) is 0. The summed E-state index contributed by atoms with van der Waals surface area (Å²) in [7, 11) is 0. The average Bonchev–Trinajstić information content (AvgIpc) is 3.02. The highest BCUT2D eigenvalue weighted by atomic mass is 16.5. The molecule has 2 nitrogen and oxygen atoms in total. The topological polar surface area (TPSA) is 18.5 Å². The fraction of sp³-hybridized carbons (Fsp3) is 0.810. The van der Waals surface area contributed by atoms with E-state index in [0.29, 0.717) is 0 Å². The number of rotatable bonds is 35. The minimum absolute atomic E-state index is 0.280. The lowest BCUT2D eigenvalue weighted by atomic mass is 9.99. The largest absolute Gasteiger partial charge is 0.379 e. The molecule has 0 saturated heterocycles. The van der Waals surface area contributed by atoms with Crippen molar-refractivity contribution in [3.63, 3.8) is 0 Å². The first-order valence-corrected chi connectivity index (χ1v) is 19.5. The molecule has 0 aromatic heterocycles. The first-order valence-electron chi connectivity index (χ1n) is 19.5. The smallest absolute Gasteiger partial charge is 0.0808 e. The Balaban J connectivity index is 3.57. The van der Waals surface area contributed by atoms with Crippen LogP contribution in [0.3, 0.4) is 0 Å². The minimum Gasteiger partial charge on any atom is -0.379 e. The molecule has 2 heteroatoms. The summed E-state index contributed by atoms with van der Waals surface area (Å²) in [4.78, 5) is 0. The molecular formula is C42H78O2. The van der Waals surface area contributed by atoms with Crippen molar-refractivity contribution < 1.29 is 9.47 Å². The maximum Gasteiger partial charge on any atom is 0.0808 e. The Morgan fingerprint density at radius 3 is 1.55 bits per heavy atom. The van der Waals surface area contributed by atoms with E-state index in [4.69, 9.17) is 9.47 Å². The molecule has 0 aromatic carbocycles. The van der Waals surface area contributed by atoms with Crippen molar-refractivity contribution in [2.45, 2.75) is 194 Å². The van der Waals surface area contributed by atoms with Crippen molar-refractivity contribution in [2.75, 3.05) is 19.8 Å². The molecule has 0 aliphatic carbocycles. The maximum absolute atomic E-state index is 6.21. The first-order chi connectivity index (χ1) is 21.7. The Morgan fingerprint density at radius 2 is 0.955 bits per heavy atom. The van der Waals surface area contributed by atoms with Crippen LogP contribution in [0.5, 0.6) is 0 Å². The van der Waals surface area contributed by atoms with Crippen molar-refractivity contribution in [3.8, 4) is 0 Å². The van der Waals surface area contributed by atoms with Gasteiger partial charge < -0.3 is 9.47 Å². The number of unbranched alkanes of at least 4 members (excludes halogenated alkanes) is 15. The number of hydrogen-bond donors (Lipinski definition) is 0. The molecule has 0 fully saturated rings. The molecule has 0 bridgehead atoms. The quantitative estimate of drug-likeness (QED) is 0.0522. The molecule has 0 aliphatic heterocycles. The van der Waals surface area contributed by atoms with Crippen molar-refractivity contribution >= 4 is 0 Å². The van der Waals surface area contributed by atoms with Gasteiger partial charge in [-0.05, 0) is 83.0 Å². The maximum atomic E-state index is 6.21. The Morgan fingerprint density at radius 1 is 0.455 bits per heavy atom. The molecule has 0 radical (unpaired) electrons. The Labute approximate surface area is 277 Å². The van der Waals surface area contributed by atoms with Crippen LogP contribution in [-0.4, -0.2) is 25.9 Å². The highest BCUT2D eigenvalue weighted by Crippen LogP contribution is 2.15. The van der Waals surface area contributed by atoms with E-state index in [1.165, 1.54) is 141 Å². The van der Waals surface area contributed by atoms with Crippen LogP contribution in [0.15, 0.2) is 48.6 Å². The Kier molecular flexibility index (Phi) is 37.1. The number of hydrogen-bond acceptors (Lipinski definition) is 2. The molecule has 0 saturated carbocycles. The summed E-state index contributed by atoms with van der Waals surface area (Å²) in [6.45, 7) is 11.7. The van der Waals surface area contributed by atoms with Gasteiger partial charge in [0, 0.05) is 13.2 Å². The predicted molar refractivity (Wildman–Crippen MR) is 199 cm³/mol. The van der Waals surface area contributed by atoms with Gasteiger partial charge in [-0.25, -0.2) is 0 Å². The SMILES string of the molecule is CCCCCC=CCC=CCCCCCCCCOCC(CCC)OCCCCCCC(C)CC=CCC=CCCCCC. The standard InChI is InChI=1S/C42H78O2/c1-5-8-10-12-14-16-17-18-19-20-21-22-24-26-29-33-38-43-40-42(35-7-3)44-39-34-30-28-32-37-41(4)36-31-27-25-23-15-13-11-9-6-2/h14-16,18-19,23,27,31,41-42H,5-13,17,20-22,24-26,28-30,32-40H2,1-4H3. The van der Waals surface area contributed by atoms with Crippen LogP contribution in [0.1, 0.15) is 188 Å².